The highest BCUT2D eigenvalue weighted by Crippen LogP contribution is 2.24. The lowest BCUT2D eigenvalue weighted by molar-refractivity contribution is 0.102. The van der Waals surface area contributed by atoms with Crippen molar-refractivity contribution in [3.05, 3.63) is 94.5 Å². The second-order valence-corrected chi connectivity index (χ2v) is 10.8. The number of anilines is 2. The molecule has 0 saturated carbocycles. The van der Waals surface area contributed by atoms with Crippen molar-refractivity contribution in [2.24, 2.45) is 0 Å². The number of sulfonamides is 1. The van der Waals surface area contributed by atoms with Crippen molar-refractivity contribution in [3.63, 3.8) is 0 Å². The maximum atomic E-state index is 13.0. The third-order valence-electron chi connectivity index (χ3n) is 5.27. The normalized spacial score (nSPS) is 11.7. The number of carbonyl (C=O) groups is 2. The summed E-state index contributed by atoms with van der Waals surface area (Å²) in [5.41, 5.74) is 3.82. The summed E-state index contributed by atoms with van der Waals surface area (Å²) in [5, 5.41) is 2.80. The van der Waals surface area contributed by atoms with Crippen molar-refractivity contribution in [2.75, 3.05) is 16.3 Å². The molecule has 3 aromatic rings. The SMILES string of the molecule is Cc1c(NS(C)(=O)=O)cccc1C(=O)Nc1cccc(C(=O)c2ccc(C(C)(C)C)cc2)c1. The second kappa shape index (κ2) is 9.19. The van der Waals surface area contributed by atoms with Gasteiger partial charge in [-0.05, 0) is 47.7 Å². The Morgan fingerprint density at radius 1 is 0.848 bits per heavy atom. The summed E-state index contributed by atoms with van der Waals surface area (Å²) >= 11 is 0. The molecule has 0 heterocycles. The smallest absolute Gasteiger partial charge is 0.256 e. The quantitative estimate of drug-likeness (QED) is 0.494. The molecule has 0 atom stereocenters. The third-order valence-corrected chi connectivity index (χ3v) is 5.86. The lowest BCUT2D eigenvalue weighted by Gasteiger charge is -2.19. The number of amides is 1. The topological polar surface area (TPSA) is 92.3 Å². The van der Waals surface area contributed by atoms with Crippen molar-refractivity contribution < 1.29 is 18.0 Å². The summed E-state index contributed by atoms with van der Waals surface area (Å²) < 4.78 is 25.5. The van der Waals surface area contributed by atoms with Crippen LogP contribution in [0.5, 0.6) is 0 Å². The molecule has 3 aromatic carbocycles. The molecule has 1 amide bonds. The first-order valence-electron chi connectivity index (χ1n) is 10.5. The number of nitrogens with one attached hydrogen (secondary N) is 2. The number of ketones is 1. The Labute approximate surface area is 195 Å². The van der Waals surface area contributed by atoms with Gasteiger partial charge < -0.3 is 5.32 Å². The maximum absolute atomic E-state index is 13.0. The molecule has 0 saturated heterocycles. The summed E-state index contributed by atoms with van der Waals surface area (Å²) in [5.74, 6) is -0.536. The van der Waals surface area contributed by atoms with Crippen LogP contribution < -0.4 is 10.0 Å². The van der Waals surface area contributed by atoms with Gasteiger partial charge in [-0.25, -0.2) is 8.42 Å². The maximum Gasteiger partial charge on any atom is 0.256 e. The van der Waals surface area contributed by atoms with E-state index in [1.165, 1.54) is 0 Å². The molecule has 172 valence electrons. The second-order valence-electron chi connectivity index (χ2n) is 9.04. The van der Waals surface area contributed by atoms with Crippen LogP contribution in [0.4, 0.5) is 11.4 Å². The van der Waals surface area contributed by atoms with Gasteiger partial charge in [0, 0.05) is 22.4 Å². The Bertz CT molecular complexity index is 1300. The Balaban J connectivity index is 1.81. The number of rotatable bonds is 6. The highest BCUT2D eigenvalue weighted by molar-refractivity contribution is 7.92. The molecule has 0 aliphatic rings. The molecule has 0 bridgehead atoms. The zero-order valence-corrected chi connectivity index (χ0v) is 20.2. The lowest BCUT2D eigenvalue weighted by Crippen LogP contribution is -2.16. The number of hydrogen-bond acceptors (Lipinski definition) is 4. The van der Waals surface area contributed by atoms with Crippen molar-refractivity contribution >= 4 is 33.1 Å². The molecule has 0 spiro atoms. The van der Waals surface area contributed by atoms with E-state index in [0.29, 0.717) is 33.6 Å². The molecule has 0 fully saturated rings. The van der Waals surface area contributed by atoms with Gasteiger partial charge in [0.1, 0.15) is 0 Å². The van der Waals surface area contributed by atoms with Crippen LogP contribution in [0.1, 0.15) is 58.2 Å². The Hall–Kier alpha value is -3.45. The highest BCUT2D eigenvalue weighted by Gasteiger charge is 2.17. The molecule has 2 N–H and O–H groups in total. The predicted octanol–water partition coefficient (Wildman–Crippen LogP) is 5.15. The molecule has 7 heteroatoms. The van der Waals surface area contributed by atoms with Crippen LogP contribution in [0, 0.1) is 6.92 Å². The minimum Gasteiger partial charge on any atom is -0.322 e. The molecule has 33 heavy (non-hydrogen) atoms. The summed E-state index contributed by atoms with van der Waals surface area (Å²) in [6.07, 6.45) is 1.05. The summed E-state index contributed by atoms with van der Waals surface area (Å²) in [6, 6.07) is 19.1. The van der Waals surface area contributed by atoms with E-state index in [4.69, 9.17) is 0 Å². The fourth-order valence-electron chi connectivity index (χ4n) is 3.42. The van der Waals surface area contributed by atoms with Gasteiger partial charge in [0.2, 0.25) is 10.0 Å². The Morgan fingerprint density at radius 3 is 2.09 bits per heavy atom. The van der Waals surface area contributed by atoms with E-state index >= 15 is 0 Å². The van der Waals surface area contributed by atoms with E-state index in [0.717, 1.165) is 11.8 Å². The number of carbonyl (C=O) groups excluding carboxylic acids is 2. The van der Waals surface area contributed by atoms with Crippen LogP contribution in [-0.4, -0.2) is 26.4 Å². The Morgan fingerprint density at radius 2 is 1.48 bits per heavy atom. The average molecular weight is 465 g/mol. The third kappa shape index (κ3) is 6.08. The van der Waals surface area contributed by atoms with Crippen LogP contribution in [-0.2, 0) is 15.4 Å². The number of hydrogen-bond donors (Lipinski definition) is 2. The summed E-state index contributed by atoms with van der Waals surface area (Å²) in [4.78, 5) is 25.8. The standard InChI is InChI=1S/C26H28N2O4S/c1-17-22(10-7-11-23(17)28-33(5,31)32)25(30)27-21-9-6-8-19(16-21)24(29)18-12-14-20(15-13-18)26(2,3)4/h6-16,28H,1-5H3,(H,27,30). The van der Waals surface area contributed by atoms with Crippen molar-refractivity contribution in [2.45, 2.75) is 33.1 Å². The minimum atomic E-state index is -3.47. The summed E-state index contributed by atoms with van der Waals surface area (Å²) in [7, 11) is -3.47. The first kappa shape index (κ1) is 24.2. The highest BCUT2D eigenvalue weighted by atomic mass is 32.2. The minimum absolute atomic E-state index is 0.00194. The van der Waals surface area contributed by atoms with E-state index in [1.807, 2.05) is 24.3 Å². The molecule has 6 nitrogen and oxygen atoms in total. The molecule has 0 aromatic heterocycles. The van der Waals surface area contributed by atoms with Gasteiger partial charge in [-0.15, -0.1) is 0 Å². The zero-order chi connectivity index (χ0) is 24.4. The van der Waals surface area contributed by atoms with Crippen molar-refractivity contribution in [1.82, 2.24) is 0 Å². The van der Waals surface area contributed by atoms with Gasteiger partial charge in [-0.1, -0.05) is 63.2 Å². The average Bonchev–Trinajstić information content (AvgIpc) is 2.73. The lowest BCUT2D eigenvalue weighted by atomic mass is 9.86. The summed E-state index contributed by atoms with van der Waals surface area (Å²) in [6.45, 7) is 8.02. The molecule has 0 aliphatic carbocycles. The molecular weight excluding hydrogens is 436 g/mol. The molecule has 0 unspecified atom stereocenters. The van der Waals surface area contributed by atoms with Crippen molar-refractivity contribution in [3.8, 4) is 0 Å². The molecule has 0 aliphatic heterocycles. The van der Waals surface area contributed by atoms with Gasteiger partial charge >= 0.3 is 0 Å². The molecule has 0 radical (unpaired) electrons. The zero-order valence-electron chi connectivity index (χ0n) is 19.4. The van der Waals surface area contributed by atoms with Gasteiger partial charge in [-0.3, -0.25) is 14.3 Å². The van der Waals surface area contributed by atoms with E-state index in [1.54, 1.807) is 49.4 Å². The monoisotopic (exact) mass is 464 g/mol. The largest absolute Gasteiger partial charge is 0.322 e. The van der Waals surface area contributed by atoms with E-state index < -0.39 is 15.9 Å². The molecule has 3 rings (SSSR count). The fraction of sp³-hybridized carbons (Fsp3) is 0.231. The van der Waals surface area contributed by atoms with Gasteiger partial charge in [0.15, 0.2) is 5.78 Å². The predicted molar refractivity (Wildman–Crippen MR) is 133 cm³/mol. The van der Waals surface area contributed by atoms with Crippen LogP contribution in [0.3, 0.4) is 0 Å². The van der Waals surface area contributed by atoms with Crippen molar-refractivity contribution in [1.29, 1.82) is 0 Å². The van der Waals surface area contributed by atoms with Crippen LogP contribution >= 0.6 is 0 Å². The van der Waals surface area contributed by atoms with E-state index in [-0.39, 0.29) is 11.2 Å². The van der Waals surface area contributed by atoms with Gasteiger partial charge in [0.05, 0.1) is 11.9 Å². The van der Waals surface area contributed by atoms with Crippen LogP contribution in [0.25, 0.3) is 0 Å². The van der Waals surface area contributed by atoms with E-state index in [2.05, 4.69) is 30.8 Å². The fourth-order valence-corrected chi connectivity index (χ4v) is 4.04. The van der Waals surface area contributed by atoms with Gasteiger partial charge in [0.25, 0.3) is 5.91 Å². The van der Waals surface area contributed by atoms with Crippen LogP contribution in [0.15, 0.2) is 66.7 Å². The number of benzene rings is 3. The van der Waals surface area contributed by atoms with Gasteiger partial charge in [-0.2, -0.15) is 0 Å². The van der Waals surface area contributed by atoms with Crippen LogP contribution in [0.2, 0.25) is 0 Å². The Kier molecular flexibility index (Phi) is 6.74. The first-order valence-corrected chi connectivity index (χ1v) is 12.4. The first-order chi connectivity index (χ1) is 15.3. The molecular formula is C26H28N2O4S. The van der Waals surface area contributed by atoms with E-state index in [9.17, 15) is 18.0 Å².